The highest BCUT2D eigenvalue weighted by Gasteiger charge is 2.15. The highest BCUT2D eigenvalue weighted by atomic mass is 35.5. The van der Waals surface area contributed by atoms with Crippen molar-refractivity contribution >= 4 is 23.3 Å². The molecule has 1 aromatic carbocycles. The van der Waals surface area contributed by atoms with Gasteiger partial charge in [-0.3, -0.25) is 4.79 Å². The van der Waals surface area contributed by atoms with Gasteiger partial charge in [0.1, 0.15) is 11.6 Å². The Labute approximate surface area is 158 Å². The minimum atomic E-state index is -0.201. The van der Waals surface area contributed by atoms with Gasteiger partial charge in [0.15, 0.2) is 6.61 Å². The van der Waals surface area contributed by atoms with Crippen LogP contribution in [0.2, 0.25) is 5.02 Å². The van der Waals surface area contributed by atoms with Crippen molar-refractivity contribution in [1.29, 1.82) is 0 Å². The molecule has 2 aromatic rings. The summed E-state index contributed by atoms with van der Waals surface area (Å²) in [6.07, 6.45) is 1.81. The number of para-hydroxylation sites is 1. The first-order chi connectivity index (χ1) is 12.6. The number of aromatic nitrogens is 1. The molecule has 6 nitrogen and oxygen atoms in total. The van der Waals surface area contributed by atoms with E-state index in [2.05, 4.69) is 27.1 Å². The van der Waals surface area contributed by atoms with Gasteiger partial charge in [-0.05, 0) is 30.8 Å². The molecule has 0 unspecified atom stereocenters. The normalized spacial score (nSPS) is 14.9. The third kappa shape index (κ3) is 5.09. The van der Waals surface area contributed by atoms with Gasteiger partial charge in [0, 0.05) is 38.9 Å². The molecular weight excluding hydrogens is 352 g/mol. The summed E-state index contributed by atoms with van der Waals surface area (Å²) in [5.74, 6) is 1.28. The van der Waals surface area contributed by atoms with E-state index in [1.807, 2.05) is 30.5 Å². The Morgan fingerprint density at radius 2 is 1.96 bits per heavy atom. The van der Waals surface area contributed by atoms with Crippen LogP contribution in [0.1, 0.15) is 5.56 Å². The van der Waals surface area contributed by atoms with Crippen LogP contribution in [0.25, 0.3) is 0 Å². The molecule has 0 saturated carbocycles. The van der Waals surface area contributed by atoms with Crippen LogP contribution in [0.3, 0.4) is 0 Å². The van der Waals surface area contributed by atoms with E-state index in [0.717, 1.165) is 37.6 Å². The lowest BCUT2D eigenvalue weighted by Gasteiger charge is -2.33. The van der Waals surface area contributed by atoms with E-state index in [1.165, 1.54) is 0 Å². The van der Waals surface area contributed by atoms with E-state index >= 15 is 0 Å². The first-order valence-electron chi connectivity index (χ1n) is 8.64. The van der Waals surface area contributed by atoms with Crippen molar-refractivity contribution in [1.82, 2.24) is 15.2 Å². The molecule has 0 bridgehead atoms. The maximum Gasteiger partial charge on any atom is 0.258 e. The zero-order valence-corrected chi connectivity index (χ0v) is 15.6. The first-order valence-corrected chi connectivity index (χ1v) is 9.02. The Bertz CT molecular complexity index is 731. The van der Waals surface area contributed by atoms with Crippen LogP contribution in [-0.4, -0.2) is 55.6 Å². The summed E-state index contributed by atoms with van der Waals surface area (Å²) in [6, 6.07) is 11.1. The number of halogens is 1. The number of amides is 1. The number of carbonyl (C=O) groups is 1. The molecule has 7 heteroatoms. The van der Waals surface area contributed by atoms with E-state index < -0.39 is 0 Å². The number of nitrogens with one attached hydrogen (secondary N) is 1. The minimum Gasteiger partial charge on any atom is -0.482 e. The highest BCUT2D eigenvalue weighted by molar-refractivity contribution is 6.32. The molecule has 138 valence electrons. The van der Waals surface area contributed by atoms with Crippen molar-refractivity contribution in [2.24, 2.45) is 0 Å². The predicted molar refractivity (Wildman–Crippen MR) is 103 cm³/mol. The molecule has 3 rings (SSSR count). The van der Waals surface area contributed by atoms with Gasteiger partial charge in [0.2, 0.25) is 0 Å². The molecule has 1 amide bonds. The van der Waals surface area contributed by atoms with Gasteiger partial charge in [-0.1, -0.05) is 29.8 Å². The number of hydrogen-bond acceptors (Lipinski definition) is 5. The average molecular weight is 375 g/mol. The summed E-state index contributed by atoms with van der Waals surface area (Å²) < 4.78 is 5.42. The number of nitrogens with zero attached hydrogens (tertiary/aromatic N) is 3. The second-order valence-corrected chi connectivity index (χ2v) is 6.72. The SMILES string of the molecule is CN1CCN(c2ccc(CNC(=O)COc3ccccc3Cl)cn2)CC1. The topological polar surface area (TPSA) is 57.7 Å². The number of pyridine rings is 1. The standard InChI is InChI=1S/C19H23ClN4O2/c1-23-8-10-24(11-9-23)18-7-6-15(12-21-18)13-22-19(25)14-26-17-5-3-2-4-16(17)20/h2-7,12H,8-11,13-14H2,1H3,(H,22,25). The number of benzene rings is 1. The lowest BCUT2D eigenvalue weighted by molar-refractivity contribution is -0.123. The molecular formula is C19H23ClN4O2. The van der Waals surface area contributed by atoms with Crippen molar-refractivity contribution in [2.75, 3.05) is 44.7 Å². The Morgan fingerprint density at radius 3 is 2.65 bits per heavy atom. The summed E-state index contributed by atoms with van der Waals surface area (Å²) in [7, 11) is 2.13. The van der Waals surface area contributed by atoms with E-state index in [1.54, 1.807) is 12.1 Å². The largest absolute Gasteiger partial charge is 0.482 e. The fourth-order valence-corrected chi connectivity index (χ4v) is 2.89. The Hall–Kier alpha value is -2.31. The van der Waals surface area contributed by atoms with Gasteiger partial charge in [-0.25, -0.2) is 4.98 Å². The maximum atomic E-state index is 11.9. The fourth-order valence-electron chi connectivity index (χ4n) is 2.70. The number of hydrogen-bond donors (Lipinski definition) is 1. The zero-order valence-electron chi connectivity index (χ0n) is 14.8. The number of likely N-dealkylation sites (N-methyl/N-ethyl adjacent to an activating group) is 1. The van der Waals surface area contributed by atoms with Crippen molar-refractivity contribution in [3.8, 4) is 5.75 Å². The van der Waals surface area contributed by atoms with Crippen LogP contribution >= 0.6 is 11.6 Å². The number of ether oxygens (including phenoxy) is 1. The molecule has 0 aliphatic carbocycles. The Kier molecular flexibility index (Phi) is 6.30. The maximum absolute atomic E-state index is 11.9. The van der Waals surface area contributed by atoms with E-state index in [0.29, 0.717) is 17.3 Å². The van der Waals surface area contributed by atoms with Gasteiger partial charge >= 0.3 is 0 Å². The molecule has 0 radical (unpaired) electrons. The zero-order chi connectivity index (χ0) is 18.4. The molecule has 1 saturated heterocycles. The molecule has 0 spiro atoms. The molecule has 2 heterocycles. The summed E-state index contributed by atoms with van der Waals surface area (Å²) >= 11 is 6.00. The third-order valence-corrected chi connectivity index (χ3v) is 4.63. The van der Waals surface area contributed by atoms with E-state index in [-0.39, 0.29) is 12.5 Å². The number of rotatable bonds is 6. The van der Waals surface area contributed by atoms with Crippen LogP contribution in [0, 0.1) is 0 Å². The second-order valence-electron chi connectivity index (χ2n) is 6.31. The molecule has 1 aliphatic rings. The molecule has 26 heavy (non-hydrogen) atoms. The monoisotopic (exact) mass is 374 g/mol. The van der Waals surface area contributed by atoms with Crippen LogP contribution in [-0.2, 0) is 11.3 Å². The summed E-state index contributed by atoms with van der Waals surface area (Å²) in [5.41, 5.74) is 0.953. The summed E-state index contributed by atoms with van der Waals surface area (Å²) in [4.78, 5) is 21.0. The van der Waals surface area contributed by atoms with Crippen LogP contribution in [0.15, 0.2) is 42.6 Å². The van der Waals surface area contributed by atoms with Crippen molar-refractivity contribution in [2.45, 2.75) is 6.54 Å². The van der Waals surface area contributed by atoms with E-state index in [4.69, 9.17) is 16.3 Å². The third-order valence-electron chi connectivity index (χ3n) is 4.32. The molecule has 1 fully saturated rings. The first kappa shape index (κ1) is 18.5. The summed E-state index contributed by atoms with van der Waals surface area (Å²) in [5, 5.41) is 3.32. The quantitative estimate of drug-likeness (QED) is 0.839. The molecule has 1 aliphatic heterocycles. The van der Waals surface area contributed by atoms with Crippen molar-refractivity contribution in [3.63, 3.8) is 0 Å². The van der Waals surface area contributed by atoms with Gasteiger partial charge in [0.05, 0.1) is 5.02 Å². The van der Waals surface area contributed by atoms with Crippen LogP contribution in [0.5, 0.6) is 5.75 Å². The average Bonchev–Trinajstić information content (AvgIpc) is 2.67. The van der Waals surface area contributed by atoms with Gasteiger partial charge in [-0.15, -0.1) is 0 Å². The van der Waals surface area contributed by atoms with Crippen LogP contribution in [0.4, 0.5) is 5.82 Å². The van der Waals surface area contributed by atoms with Crippen molar-refractivity contribution in [3.05, 3.63) is 53.2 Å². The summed E-state index contributed by atoms with van der Waals surface area (Å²) in [6.45, 7) is 4.41. The van der Waals surface area contributed by atoms with Gasteiger partial charge in [-0.2, -0.15) is 0 Å². The lowest BCUT2D eigenvalue weighted by atomic mass is 10.2. The lowest BCUT2D eigenvalue weighted by Crippen LogP contribution is -2.44. The van der Waals surface area contributed by atoms with Crippen molar-refractivity contribution < 1.29 is 9.53 Å². The Morgan fingerprint density at radius 1 is 1.19 bits per heavy atom. The molecule has 0 atom stereocenters. The van der Waals surface area contributed by atoms with Gasteiger partial charge < -0.3 is 19.9 Å². The van der Waals surface area contributed by atoms with Crippen LogP contribution < -0.4 is 15.0 Å². The smallest absolute Gasteiger partial charge is 0.258 e. The minimum absolute atomic E-state index is 0.0729. The predicted octanol–water partition coefficient (Wildman–Crippen LogP) is 2.18. The van der Waals surface area contributed by atoms with Gasteiger partial charge in [0.25, 0.3) is 5.91 Å². The fraction of sp³-hybridized carbons (Fsp3) is 0.368. The number of anilines is 1. The Balaban J connectivity index is 1.44. The molecule has 1 aromatic heterocycles. The molecule has 1 N–H and O–H groups in total. The van der Waals surface area contributed by atoms with E-state index in [9.17, 15) is 4.79 Å². The second kappa shape index (κ2) is 8.87. The highest BCUT2D eigenvalue weighted by Crippen LogP contribution is 2.22. The number of piperazine rings is 1. The number of carbonyl (C=O) groups excluding carboxylic acids is 1.